The van der Waals surface area contributed by atoms with Gasteiger partial charge in [-0.3, -0.25) is 0 Å². The second-order valence-electron chi connectivity index (χ2n) is 6.83. The fraction of sp³-hybridized carbons (Fsp3) is 0.684. The molecule has 0 radical (unpaired) electrons. The molecule has 6 nitrogen and oxygen atoms in total. The molecule has 25 heavy (non-hydrogen) atoms. The predicted molar refractivity (Wildman–Crippen MR) is 100 cm³/mol. The Morgan fingerprint density at radius 3 is 2.44 bits per heavy atom. The van der Waals surface area contributed by atoms with Gasteiger partial charge in [-0.2, -0.15) is 0 Å². The second-order valence-corrected chi connectivity index (χ2v) is 6.83. The Morgan fingerprint density at radius 1 is 1.20 bits per heavy atom. The van der Waals surface area contributed by atoms with Gasteiger partial charge in [-0.1, -0.05) is 19.9 Å². The molecule has 0 saturated carbocycles. The molecule has 0 bridgehead atoms. The van der Waals surface area contributed by atoms with Crippen molar-refractivity contribution in [2.75, 3.05) is 40.0 Å². The van der Waals surface area contributed by atoms with E-state index in [9.17, 15) is 10.2 Å². The van der Waals surface area contributed by atoms with E-state index < -0.39 is 6.10 Å². The monoisotopic (exact) mass is 354 g/mol. The summed E-state index contributed by atoms with van der Waals surface area (Å²) in [6.07, 6.45) is -0.545. The van der Waals surface area contributed by atoms with Gasteiger partial charge in [0.05, 0.1) is 13.7 Å². The van der Waals surface area contributed by atoms with Crippen molar-refractivity contribution in [1.82, 2.24) is 10.2 Å². The molecule has 1 rings (SSSR count). The van der Waals surface area contributed by atoms with Crippen molar-refractivity contribution < 1.29 is 19.7 Å². The standard InChI is InChI=1S/C19H34N2O4/c1-6-21(7-2)12-16(23)13-25-17-9-8-15(10-18(17)24-5)11-20-19(3,4)14-22/h8-10,16,20,22-23H,6-7,11-14H2,1-5H3/t16-/m0/s1. The van der Waals surface area contributed by atoms with Gasteiger partial charge >= 0.3 is 0 Å². The Balaban J connectivity index is 2.63. The van der Waals surface area contributed by atoms with E-state index in [4.69, 9.17) is 9.47 Å². The minimum absolute atomic E-state index is 0.0652. The predicted octanol–water partition coefficient (Wildman–Crippen LogP) is 1.64. The van der Waals surface area contributed by atoms with Crippen LogP contribution in [-0.4, -0.2) is 66.7 Å². The van der Waals surface area contributed by atoms with E-state index in [1.54, 1.807) is 7.11 Å². The van der Waals surface area contributed by atoms with E-state index >= 15 is 0 Å². The van der Waals surface area contributed by atoms with E-state index in [2.05, 4.69) is 24.1 Å². The van der Waals surface area contributed by atoms with Crippen LogP contribution in [0.15, 0.2) is 18.2 Å². The van der Waals surface area contributed by atoms with Crippen LogP contribution in [0, 0.1) is 0 Å². The number of ether oxygens (including phenoxy) is 2. The lowest BCUT2D eigenvalue weighted by Gasteiger charge is -2.24. The molecule has 1 atom stereocenters. The summed E-state index contributed by atoms with van der Waals surface area (Å²) in [6, 6.07) is 5.72. The van der Waals surface area contributed by atoms with Gasteiger partial charge in [0.1, 0.15) is 12.7 Å². The van der Waals surface area contributed by atoms with Crippen molar-refractivity contribution in [3.63, 3.8) is 0 Å². The zero-order chi connectivity index (χ0) is 18.9. The third-order valence-electron chi connectivity index (χ3n) is 4.19. The van der Waals surface area contributed by atoms with Gasteiger partial charge in [0.15, 0.2) is 11.5 Å². The van der Waals surface area contributed by atoms with Crippen molar-refractivity contribution in [1.29, 1.82) is 0 Å². The highest BCUT2D eigenvalue weighted by Crippen LogP contribution is 2.28. The first-order chi connectivity index (χ1) is 11.8. The number of benzene rings is 1. The van der Waals surface area contributed by atoms with Gasteiger partial charge in [-0.15, -0.1) is 0 Å². The van der Waals surface area contributed by atoms with E-state index in [0.717, 1.165) is 18.7 Å². The van der Waals surface area contributed by atoms with Crippen LogP contribution < -0.4 is 14.8 Å². The second kappa shape index (κ2) is 10.6. The molecule has 0 aromatic heterocycles. The van der Waals surface area contributed by atoms with Crippen LogP contribution in [0.25, 0.3) is 0 Å². The minimum Gasteiger partial charge on any atom is -0.493 e. The molecule has 0 aliphatic heterocycles. The number of methoxy groups -OCH3 is 1. The van der Waals surface area contributed by atoms with E-state index in [0.29, 0.717) is 24.6 Å². The molecule has 0 unspecified atom stereocenters. The van der Waals surface area contributed by atoms with Gasteiger partial charge in [0.2, 0.25) is 0 Å². The normalized spacial score (nSPS) is 13.1. The van der Waals surface area contributed by atoms with Crippen molar-refractivity contribution >= 4 is 0 Å². The maximum absolute atomic E-state index is 10.1. The molecule has 0 spiro atoms. The number of rotatable bonds is 12. The van der Waals surface area contributed by atoms with Gasteiger partial charge in [-0.25, -0.2) is 0 Å². The largest absolute Gasteiger partial charge is 0.493 e. The number of aliphatic hydroxyl groups excluding tert-OH is 2. The first-order valence-corrected chi connectivity index (χ1v) is 8.91. The molecule has 0 amide bonds. The summed E-state index contributed by atoms with van der Waals surface area (Å²) in [5.74, 6) is 1.25. The fourth-order valence-corrected chi connectivity index (χ4v) is 2.36. The maximum atomic E-state index is 10.1. The number of aliphatic hydroxyl groups is 2. The Bertz CT molecular complexity index is 504. The molecule has 0 saturated heterocycles. The van der Waals surface area contributed by atoms with Gasteiger partial charge in [-0.05, 0) is 44.6 Å². The van der Waals surface area contributed by atoms with Crippen LogP contribution in [0.1, 0.15) is 33.3 Å². The van der Waals surface area contributed by atoms with E-state index in [-0.39, 0.29) is 18.8 Å². The molecule has 0 heterocycles. The number of likely N-dealkylation sites (N-methyl/N-ethyl adjacent to an activating group) is 1. The third-order valence-corrected chi connectivity index (χ3v) is 4.19. The van der Waals surface area contributed by atoms with Gasteiger partial charge in [0, 0.05) is 18.6 Å². The number of nitrogens with zero attached hydrogens (tertiary/aromatic N) is 1. The summed E-state index contributed by atoms with van der Waals surface area (Å²) in [7, 11) is 1.60. The molecule has 6 heteroatoms. The molecule has 3 N–H and O–H groups in total. The topological polar surface area (TPSA) is 74.2 Å². The summed E-state index contributed by atoms with van der Waals surface area (Å²) in [5, 5.41) is 22.7. The van der Waals surface area contributed by atoms with Crippen LogP contribution >= 0.6 is 0 Å². The first kappa shape index (κ1) is 21.7. The molecular weight excluding hydrogens is 320 g/mol. The highest BCUT2D eigenvalue weighted by atomic mass is 16.5. The Kier molecular flexibility index (Phi) is 9.21. The molecule has 144 valence electrons. The molecule has 1 aromatic rings. The van der Waals surface area contributed by atoms with Crippen molar-refractivity contribution in [3.8, 4) is 11.5 Å². The highest BCUT2D eigenvalue weighted by molar-refractivity contribution is 5.43. The number of hydrogen-bond acceptors (Lipinski definition) is 6. The summed E-state index contributed by atoms with van der Waals surface area (Å²) < 4.78 is 11.1. The zero-order valence-electron chi connectivity index (χ0n) is 16.2. The molecular formula is C19H34N2O4. The van der Waals surface area contributed by atoms with Crippen molar-refractivity contribution in [3.05, 3.63) is 23.8 Å². The maximum Gasteiger partial charge on any atom is 0.161 e. The van der Waals surface area contributed by atoms with E-state index in [1.807, 2.05) is 32.0 Å². The number of nitrogens with one attached hydrogen (secondary N) is 1. The summed E-state index contributed by atoms with van der Waals surface area (Å²) in [6.45, 7) is 11.3. The Labute approximate surface area is 151 Å². The van der Waals surface area contributed by atoms with Crippen LogP contribution in [0.5, 0.6) is 11.5 Å². The highest BCUT2D eigenvalue weighted by Gasteiger charge is 2.16. The summed E-state index contributed by atoms with van der Waals surface area (Å²) in [4.78, 5) is 2.16. The van der Waals surface area contributed by atoms with Crippen molar-refractivity contribution in [2.24, 2.45) is 0 Å². The average Bonchev–Trinajstić information content (AvgIpc) is 2.62. The lowest BCUT2D eigenvalue weighted by atomic mass is 10.1. The molecule has 0 aliphatic rings. The van der Waals surface area contributed by atoms with Gasteiger partial charge < -0.3 is 29.9 Å². The Hall–Kier alpha value is -1.34. The van der Waals surface area contributed by atoms with Crippen molar-refractivity contribution in [2.45, 2.75) is 45.9 Å². The lowest BCUT2D eigenvalue weighted by molar-refractivity contribution is 0.0705. The van der Waals surface area contributed by atoms with Crippen LogP contribution in [0.3, 0.4) is 0 Å². The third kappa shape index (κ3) is 7.61. The SMILES string of the molecule is CCN(CC)C[C@H](O)COc1ccc(CNC(C)(C)CO)cc1OC. The summed E-state index contributed by atoms with van der Waals surface area (Å²) in [5.41, 5.74) is 0.700. The molecule has 1 aromatic carbocycles. The minimum atomic E-state index is -0.545. The fourth-order valence-electron chi connectivity index (χ4n) is 2.36. The lowest BCUT2D eigenvalue weighted by Crippen LogP contribution is -2.42. The van der Waals surface area contributed by atoms with E-state index in [1.165, 1.54) is 0 Å². The van der Waals surface area contributed by atoms with Crippen LogP contribution in [0.4, 0.5) is 0 Å². The first-order valence-electron chi connectivity index (χ1n) is 8.91. The van der Waals surface area contributed by atoms with Crippen LogP contribution in [0.2, 0.25) is 0 Å². The quantitative estimate of drug-likeness (QED) is 0.530. The molecule has 0 fully saturated rings. The molecule has 0 aliphatic carbocycles. The Morgan fingerprint density at radius 2 is 1.88 bits per heavy atom. The zero-order valence-corrected chi connectivity index (χ0v) is 16.2. The van der Waals surface area contributed by atoms with Crippen LogP contribution in [-0.2, 0) is 6.54 Å². The smallest absolute Gasteiger partial charge is 0.161 e. The van der Waals surface area contributed by atoms with Gasteiger partial charge in [0.25, 0.3) is 0 Å². The number of hydrogen-bond donors (Lipinski definition) is 3. The summed E-state index contributed by atoms with van der Waals surface area (Å²) >= 11 is 0. The average molecular weight is 354 g/mol.